The number of aromatic nitrogens is 4. The van der Waals surface area contributed by atoms with Gasteiger partial charge in [0.05, 0.1) is 29.0 Å². The van der Waals surface area contributed by atoms with Crippen LogP contribution < -0.4 is 0 Å². The first-order chi connectivity index (χ1) is 11.3. The maximum absolute atomic E-state index is 4.84. The molecule has 0 unspecified atom stereocenters. The van der Waals surface area contributed by atoms with Gasteiger partial charge in [0.25, 0.3) is 0 Å². The van der Waals surface area contributed by atoms with E-state index in [1.165, 1.54) is 12.8 Å². The molecule has 5 heteroatoms. The van der Waals surface area contributed by atoms with Crippen molar-refractivity contribution >= 4 is 11.0 Å². The Morgan fingerprint density at radius 3 is 2.74 bits per heavy atom. The van der Waals surface area contributed by atoms with Crippen molar-refractivity contribution in [1.29, 1.82) is 0 Å². The van der Waals surface area contributed by atoms with Gasteiger partial charge in [-0.2, -0.15) is 5.10 Å². The van der Waals surface area contributed by atoms with E-state index in [9.17, 15) is 0 Å². The number of hydrogen-bond acceptors (Lipinski definition) is 4. The fraction of sp³-hybridized carbons (Fsp3) is 0.389. The summed E-state index contributed by atoms with van der Waals surface area (Å²) in [6.07, 6.45) is 6.35. The zero-order chi connectivity index (χ0) is 15.6. The van der Waals surface area contributed by atoms with Crippen molar-refractivity contribution < 1.29 is 0 Å². The number of rotatable bonds is 4. The maximum Gasteiger partial charge on any atom is 0.0890 e. The summed E-state index contributed by atoms with van der Waals surface area (Å²) < 4.78 is 2.03. The lowest BCUT2D eigenvalue weighted by atomic mass is 10.2. The summed E-state index contributed by atoms with van der Waals surface area (Å²) in [6.45, 7) is 5.01. The van der Waals surface area contributed by atoms with Crippen LogP contribution in [0.25, 0.3) is 11.0 Å². The van der Waals surface area contributed by atoms with Crippen molar-refractivity contribution in [2.75, 3.05) is 6.54 Å². The minimum atomic E-state index is 0.530. The molecule has 3 aromatic rings. The highest BCUT2D eigenvalue weighted by molar-refractivity contribution is 5.74. The monoisotopic (exact) mass is 307 g/mol. The summed E-state index contributed by atoms with van der Waals surface area (Å²) in [5.74, 6) is 0. The molecule has 0 spiro atoms. The Bertz CT molecular complexity index is 796. The molecule has 0 amide bonds. The Morgan fingerprint density at radius 1 is 1.13 bits per heavy atom. The minimum absolute atomic E-state index is 0.530. The molecule has 0 saturated carbocycles. The third kappa shape index (κ3) is 2.97. The highest BCUT2D eigenvalue weighted by Crippen LogP contribution is 2.22. The Hall–Kier alpha value is -2.27. The van der Waals surface area contributed by atoms with Crippen molar-refractivity contribution in [3.8, 4) is 0 Å². The highest BCUT2D eigenvalue weighted by atomic mass is 15.3. The summed E-state index contributed by atoms with van der Waals surface area (Å²) in [7, 11) is 0. The summed E-state index contributed by atoms with van der Waals surface area (Å²) in [5.41, 5.74) is 4.09. The molecule has 4 rings (SSSR count). The molecule has 1 atom stereocenters. The van der Waals surface area contributed by atoms with Crippen molar-refractivity contribution in [2.24, 2.45) is 0 Å². The largest absolute Gasteiger partial charge is 0.293 e. The molecule has 1 fully saturated rings. The van der Waals surface area contributed by atoms with Gasteiger partial charge in [0, 0.05) is 25.0 Å². The van der Waals surface area contributed by atoms with Crippen molar-refractivity contribution in [2.45, 2.75) is 38.9 Å². The van der Waals surface area contributed by atoms with E-state index >= 15 is 0 Å². The van der Waals surface area contributed by atoms with Gasteiger partial charge in [0.2, 0.25) is 0 Å². The van der Waals surface area contributed by atoms with E-state index in [-0.39, 0.29) is 0 Å². The Morgan fingerprint density at radius 2 is 1.96 bits per heavy atom. The van der Waals surface area contributed by atoms with E-state index in [1.807, 2.05) is 47.4 Å². The van der Waals surface area contributed by atoms with Gasteiger partial charge in [-0.25, -0.2) is 9.97 Å². The number of aryl methyl sites for hydroxylation is 1. The van der Waals surface area contributed by atoms with Gasteiger partial charge in [-0.15, -0.1) is 0 Å². The third-order valence-electron chi connectivity index (χ3n) is 4.65. The highest BCUT2D eigenvalue weighted by Gasteiger charge is 2.26. The Balaban J connectivity index is 1.55. The predicted octanol–water partition coefficient (Wildman–Crippen LogP) is 2.80. The van der Waals surface area contributed by atoms with Crippen molar-refractivity contribution in [3.05, 3.63) is 54.1 Å². The fourth-order valence-corrected chi connectivity index (χ4v) is 3.40. The molecule has 5 nitrogen and oxygen atoms in total. The molecule has 0 aliphatic carbocycles. The molecule has 23 heavy (non-hydrogen) atoms. The lowest BCUT2D eigenvalue weighted by Gasteiger charge is -2.24. The molecule has 0 N–H and O–H groups in total. The summed E-state index contributed by atoms with van der Waals surface area (Å²) >= 11 is 0. The van der Waals surface area contributed by atoms with Gasteiger partial charge >= 0.3 is 0 Å². The zero-order valence-corrected chi connectivity index (χ0v) is 13.4. The van der Waals surface area contributed by atoms with Crippen LogP contribution in [-0.4, -0.2) is 37.2 Å². The van der Waals surface area contributed by atoms with Gasteiger partial charge in [0.1, 0.15) is 0 Å². The molecular formula is C18H21N5. The Labute approximate surface area is 136 Å². The molecule has 3 heterocycles. The first-order valence-electron chi connectivity index (χ1n) is 8.23. The molecule has 1 saturated heterocycles. The quantitative estimate of drug-likeness (QED) is 0.743. The lowest BCUT2D eigenvalue weighted by Crippen LogP contribution is -2.33. The second-order valence-electron chi connectivity index (χ2n) is 6.24. The number of benzene rings is 1. The average Bonchev–Trinajstić information content (AvgIpc) is 3.21. The van der Waals surface area contributed by atoms with Crippen LogP contribution in [0.2, 0.25) is 0 Å². The van der Waals surface area contributed by atoms with E-state index in [1.54, 1.807) is 0 Å². The summed E-state index contributed by atoms with van der Waals surface area (Å²) in [4.78, 5) is 12.1. The molecular weight excluding hydrogens is 286 g/mol. The number of nitrogens with zero attached hydrogens (tertiary/aromatic N) is 5. The van der Waals surface area contributed by atoms with E-state index in [2.05, 4.69) is 16.9 Å². The zero-order valence-electron chi connectivity index (χ0n) is 13.4. The van der Waals surface area contributed by atoms with Crippen LogP contribution >= 0.6 is 0 Å². The standard InChI is InChI=1S/C18H21N5/c1-14-18(21-17-8-3-2-7-16(17)20-14)13-22-10-4-6-15(22)12-23-11-5-9-19-23/h2-3,5,7-9,11,15H,4,6,10,12-13H2,1H3/t15-/m1/s1. The summed E-state index contributed by atoms with van der Waals surface area (Å²) in [6, 6.07) is 10.6. The Kier molecular flexibility index (Phi) is 3.79. The maximum atomic E-state index is 4.84. The topological polar surface area (TPSA) is 46.8 Å². The SMILES string of the molecule is Cc1nc2ccccc2nc1CN1CCC[C@@H]1Cn1cccn1. The molecule has 1 aliphatic heterocycles. The molecule has 1 aromatic carbocycles. The van der Waals surface area contributed by atoms with Gasteiger partial charge < -0.3 is 0 Å². The van der Waals surface area contributed by atoms with Gasteiger partial charge in [-0.1, -0.05) is 12.1 Å². The minimum Gasteiger partial charge on any atom is -0.293 e. The third-order valence-corrected chi connectivity index (χ3v) is 4.65. The molecule has 0 radical (unpaired) electrons. The molecule has 0 bridgehead atoms. The normalized spacial score (nSPS) is 18.7. The van der Waals surface area contributed by atoms with Crippen molar-refractivity contribution in [1.82, 2.24) is 24.6 Å². The van der Waals surface area contributed by atoms with Crippen LogP contribution in [0.3, 0.4) is 0 Å². The number of hydrogen-bond donors (Lipinski definition) is 0. The first kappa shape index (κ1) is 14.3. The van der Waals surface area contributed by atoms with Gasteiger partial charge in [0.15, 0.2) is 0 Å². The average molecular weight is 307 g/mol. The molecule has 118 valence electrons. The second kappa shape index (κ2) is 6.08. The van der Waals surface area contributed by atoms with Crippen molar-refractivity contribution in [3.63, 3.8) is 0 Å². The number of fused-ring (bicyclic) bond motifs is 1. The van der Waals surface area contributed by atoms with E-state index < -0.39 is 0 Å². The smallest absolute Gasteiger partial charge is 0.0890 e. The van der Waals surface area contributed by atoms with Gasteiger partial charge in [-0.3, -0.25) is 9.58 Å². The van der Waals surface area contributed by atoms with E-state index in [0.29, 0.717) is 6.04 Å². The van der Waals surface area contributed by atoms with Crippen LogP contribution in [-0.2, 0) is 13.1 Å². The lowest BCUT2D eigenvalue weighted by molar-refractivity contribution is 0.216. The fourth-order valence-electron chi connectivity index (χ4n) is 3.40. The summed E-state index contributed by atoms with van der Waals surface area (Å²) in [5, 5.41) is 4.34. The van der Waals surface area contributed by atoms with Crippen LogP contribution in [0.15, 0.2) is 42.7 Å². The molecule has 2 aromatic heterocycles. The predicted molar refractivity (Wildman–Crippen MR) is 89.9 cm³/mol. The van der Waals surface area contributed by atoms with E-state index in [0.717, 1.165) is 42.1 Å². The van der Waals surface area contributed by atoms with Crippen LogP contribution in [0, 0.1) is 6.92 Å². The second-order valence-corrected chi connectivity index (χ2v) is 6.24. The number of para-hydroxylation sites is 2. The van der Waals surface area contributed by atoms with Crippen LogP contribution in [0.1, 0.15) is 24.2 Å². The van der Waals surface area contributed by atoms with Gasteiger partial charge in [-0.05, 0) is 44.5 Å². The first-order valence-corrected chi connectivity index (χ1v) is 8.23. The van der Waals surface area contributed by atoms with E-state index in [4.69, 9.17) is 9.97 Å². The van der Waals surface area contributed by atoms with Crippen LogP contribution in [0.4, 0.5) is 0 Å². The molecule has 1 aliphatic rings. The number of likely N-dealkylation sites (tertiary alicyclic amines) is 1. The van der Waals surface area contributed by atoms with Crippen LogP contribution in [0.5, 0.6) is 0 Å².